The Morgan fingerprint density at radius 2 is 1.37 bits per heavy atom. The Morgan fingerprint density at radius 1 is 0.788 bits per heavy atom. The van der Waals surface area contributed by atoms with Crippen molar-refractivity contribution in [2.45, 2.75) is 160 Å². The number of hydrogen-bond acceptors (Lipinski definition) is 10. The molecule has 8 saturated heterocycles. The molecule has 288 valence electrons. The number of carbonyl (C=O) groups is 1. The maximum atomic E-state index is 14.4. The van der Waals surface area contributed by atoms with Crippen LogP contribution >= 0.6 is 0 Å². The predicted molar refractivity (Wildman–Crippen MR) is 183 cm³/mol. The first kappa shape index (κ1) is 35.8. The van der Waals surface area contributed by atoms with Gasteiger partial charge in [0.1, 0.15) is 18.0 Å². The summed E-state index contributed by atoms with van der Waals surface area (Å²) in [5, 5.41) is 2.79. The molecule has 4 bridgehead atoms. The van der Waals surface area contributed by atoms with E-state index in [1.807, 2.05) is 13.8 Å². The van der Waals surface area contributed by atoms with E-state index in [1.165, 1.54) is 12.1 Å². The van der Waals surface area contributed by atoms with Crippen LogP contribution in [-0.4, -0.2) is 59.8 Å². The van der Waals surface area contributed by atoms with Gasteiger partial charge < -0.3 is 23.7 Å². The van der Waals surface area contributed by atoms with E-state index in [0.29, 0.717) is 35.9 Å². The van der Waals surface area contributed by atoms with Crippen LogP contribution in [0.5, 0.6) is 0 Å². The molecule has 8 heterocycles. The van der Waals surface area contributed by atoms with Gasteiger partial charge in [-0.05, 0) is 119 Å². The zero-order chi connectivity index (χ0) is 36.4. The summed E-state index contributed by atoms with van der Waals surface area (Å²) in [6.07, 6.45) is 4.01. The minimum absolute atomic E-state index is 0.0341. The third-order valence-corrected chi connectivity index (χ3v) is 14.9. The van der Waals surface area contributed by atoms with E-state index in [9.17, 15) is 9.18 Å². The maximum absolute atomic E-state index is 14.4. The lowest BCUT2D eigenvalue weighted by atomic mass is 9.56. The van der Waals surface area contributed by atoms with Crippen molar-refractivity contribution in [3.05, 3.63) is 29.6 Å². The van der Waals surface area contributed by atoms with E-state index < -0.39 is 59.5 Å². The third kappa shape index (κ3) is 5.44. The fourth-order valence-corrected chi connectivity index (χ4v) is 12.2. The summed E-state index contributed by atoms with van der Waals surface area (Å²) in [6.45, 7) is 14.6. The molecule has 0 aromatic heterocycles. The summed E-state index contributed by atoms with van der Waals surface area (Å²) >= 11 is 0. The van der Waals surface area contributed by atoms with Crippen LogP contribution < -0.4 is 5.32 Å². The van der Waals surface area contributed by atoms with Crippen LogP contribution in [0.2, 0.25) is 0 Å². The SMILES string of the molecule is Cc1cc(F)cc(NC(=O)O[C@@H](C[C@H]2O[C@@H]3O[C@@]4(C)CC[C@H]5[C@H](C)CC[C@@H]([C@H]2C)[C@@]35OO4)C2O[C@@H]3O[C@@]4(C)CC[C@H]5[C@H](C)CC[C@@H]([C@H]2C)[C@@]35OO4)c1. The number of aryl methyl sites for hydroxylation is 1. The molecule has 17 atom stereocenters. The van der Waals surface area contributed by atoms with E-state index in [2.05, 4.69) is 33.0 Å². The van der Waals surface area contributed by atoms with Gasteiger partial charge in [0.25, 0.3) is 0 Å². The molecule has 10 fully saturated rings. The van der Waals surface area contributed by atoms with Crippen molar-refractivity contribution in [2.75, 3.05) is 5.32 Å². The minimum Gasteiger partial charge on any atom is -0.443 e. The summed E-state index contributed by atoms with van der Waals surface area (Å²) in [5.74, 6) is -0.869. The molecule has 11 nitrogen and oxygen atoms in total. The number of benzene rings is 1. The van der Waals surface area contributed by atoms with Crippen LogP contribution in [0, 0.1) is 60.1 Å². The molecule has 52 heavy (non-hydrogen) atoms. The van der Waals surface area contributed by atoms with Crippen LogP contribution in [0.15, 0.2) is 18.2 Å². The van der Waals surface area contributed by atoms with Gasteiger partial charge in [-0.3, -0.25) is 5.32 Å². The average Bonchev–Trinajstić information content (AvgIpc) is 3.45. The lowest BCUT2D eigenvalue weighted by Gasteiger charge is -2.62. The molecular weight excluding hydrogens is 673 g/mol. The van der Waals surface area contributed by atoms with Gasteiger partial charge in [-0.15, -0.1) is 0 Å². The Bertz CT molecular complexity index is 1550. The lowest BCUT2D eigenvalue weighted by Crippen LogP contribution is -2.72. The molecule has 8 aliphatic heterocycles. The highest BCUT2D eigenvalue weighted by Crippen LogP contribution is 2.63. The minimum atomic E-state index is -0.941. The highest BCUT2D eigenvalue weighted by molar-refractivity contribution is 5.84. The summed E-state index contributed by atoms with van der Waals surface area (Å²) in [5.41, 5.74) is -0.453. The van der Waals surface area contributed by atoms with Gasteiger partial charge in [-0.2, -0.15) is 0 Å². The Morgan fingerprint density at radius 3 is 1.96 bits per heavy atom. The van der Waals surface area contributed by atoms with E-state index in [4.69, 9.17) is 43.2 Å². The van der Waals surface area contributed by atoms with E-state index >= 15 is 0 Å². The van der Waals surface area contributed by atoms with Gasteiger partial charge in [-0.25, -0.2) is 28.7 Å². The van der Waals surface area contributed by atoms with Crippen LogP contribution in [0.3, 0.4) is 0 Å². The van der Waals surface area contributed by atoms with E-state index in [0.717, 1.165) is 44.9 Å². The van der Waals surface area contributed by atoms with Crippen LogP contribution in [0.4, 0.5) is 14.9 Å². The largest absolute Gasteiger partial charge is 0.443 e. The van der Waals surface area contributed by atoms with Crippen molar-refractivity contribution in [2.24, 2.45) is 47.3 Å². The van der Waals surface area contributed by atoms with Crippen LogP contribution in [0.25, 0.3) is 0 Å². The Balaban J connectivity index is 1.05. The smallest absolute Gasteiger partial charge is 0.411 e. The molecular formula is C40H56FNO10. The average molecular weight is 730 g/mol. The van der Waals surface area contributed by atoms with Crippen LogP contribution in [0.1, 0.15) is 105 Å². The number of amides is 1. The van der Waals surface area contributed by atoms with Crippen molar-refractivity contribution in [3.8, 4) is 0 Å². The van der Waals surface area contributed by atoms with E-state index in [-0.39, 0.29) is 41.6 Å². The molecule has 1 aromatic carbocycles. The number of rotatable bonds is 5. The molecule has 1 N–H and O–H groups in total. The highest BCUT2D eigenvalue weighted by atomic mass is 19.1. The van der Waals surface area contributed by atoms with Crippen molar-refractivity contribution in [1.29, 1.82) is 0 Å². The fraction of sp³-hybridized carbons (Fsp3) is 0.825. The summed E-state index contributed by atoms with van der Waals surface area (Å²) in [4.78, 5) is 38.8. The van der Waals surface area contributed by atoms with Gasteiger partial charge in [0.05, 0.1) is 6.10 Å². The quantitative estimate of drug-likeness (QED) is 0.300. The van der Waals surface area contributed by atoms with Gasteiger partial charge in [0.15, 0.2) is 23.8 Å². The molecule has 0 radical (unpaired) electrons. The molecule has 1 aromatic rings. The maximum Gasteiger partial charge on any atom is 0.411 e. The Labute approximate surface area is 306 Å². The number of fused-ring (bicyclic) bond motifs is 4. The number of hydrogen-bond donors (Lipinski definition) is 1. The molecule has 10 aliphatic rings. The summed E-state index contributed by atoms with van der Waals surface area (Å²) in [7, 11) is 0. The van der Waals surface area contributed by atoms with Crippen LogP contribution in [-0.2, 0) is 43.2 Å². The normalized spacial score (nSPS) is 51.0. The standard InChI is InChI=1S/C40H56FNO10/c1-20-16-25(41)18-26(17-20)42-36(43)45-32(33-24(5)30-11-9-22(3)28-13-15-38(7)48-35(46-33)40(28,30)52-50-38)19-31-23(4)29-10-8-21(2)27-12-14-37(6)47-34(44-31)39(27,29)51-49-37/h16-18,21-24,27-35H,8-15,19H2,1-7H3,(H,42,43)/t21-,22-,23-,24-,27+,28+,29+,30+,31-,32+,33?,34-,35-,37-,38-,39-,40-/m1/s1. The number of carbonyl (C=O) groups excluding carboxylic acids is 1. The second-order valence-electron chi connectivity index (χ2n) is 18.1. The summed E-state index contributed by atoms with van der Waals surface area (Å²) < 4.78 is 48.2. The van der Waals surface area contributed by atoms with Crippen molar-refractivity contribution >= 4 is 11.8 Å². The zero-order valence-electron chi connectivity index (χ0n) is 31.6. The van der Waals surface area contributed by atoms with Gasteiger partial charge >= 0.3 is 6.09 Å². The molecule has 2 aliphatic carbocycles. The predicted octanol–water partition coefficient (Wildman–Crippen LogP) is 7.94. The monoisotopic (exact) mass is 729 g/mol. The fourth-order valence-electron chi connectivity index (χ4n) is 12.2. The van der Waals surface area contributed by atoms with E-state index in [1.54, 1.807) is 13.0 Å². The first-order chi connectivity index (χ1) is 24.7. The van der Waals surface area contributed by atoms with Crippen molar-refractivity contribution in [1.82, 2.24) is 0 Å². The van der Waals surface area contributed by atoms with Crippen molar-refractivity contribution in [3.63, 3.8) is 0 Å². The first-order valence-corrected chi connectivity index (χ1v) is 19.9. The molecule has 12 heteroatoms. The Hall–Kier alpha value is -1.90. The molecule has 11 rings (SSSR count). The summed E-state index contributed by atoms with van der Waals surface area (Å²) in [6, 6.07) is 4.42. The van der Waals surface area contributed by atoms with Gasteiger partial charge in [0, 0.05) is 36.8 Å². The topological polar surface area (TPSA) is 112 Å². The highest BCUT2D eigenvalue weighted by Gasteiger charge is 2.72. The number of ether oxygens (including phenoxy) is 5. The number of nitrogens with one attached hydrogen (secondary N) is 1. The molecule has 2 saturated carbocycles. The second-order valence-corrected chi connectivity index (χ2v) is 18.1. The lowest BCUT2D eigenvalue weighted by molar-refractivity contribution is -0.573. The Kier molecular flexibility index (Phi) is 8.64. The van der Waals surface area contributed by atoms with Gasteiger partial charge in [0.2, 0.25) is 11.6 Å². The van der Waals surface area contributed by atoms with Gasteiger partial charge in [-0.1, -0.05) is 27.7 Å². The molecule has 2 spiro atoms. The third-order valence-electron chi connectivity index (χ3n) is 14.9. The number of halogens is 1. The number of anilines is 1. The molecule has 1 amide bonds. The first-order valence-electron chi connectivity index (χ1n) is 19.9. The second kappa shape index (κ2) is 12.6. The molecule has 1 unspecified atom stereocenters. The van der Waals surface area contributed by atoms with Crippen molar-refractivity contribution < 1.29 is 52.4 Å². The zero-order valence-corrected chi connectivity index (χ0v) is 31.6.